The van der Waals surface area contributed by atoms with Gasteiger partial charge in [-0.25, -0.2) is 4.39 Å². The highest BCUT2D eigenvalue weighted by Gasteiger charge is 2.10. The lowest BCUT2D eigenvalue weighted by Gasteiger charge is -2.16. The lowest BCUT2D eigenvalue weighted by Crippen LogP contribution is -2.15. The predicted octanol–water partition coefficient (Wildman–Crippen LogP) is 4.73. The van der Waals surface area contributed by atoms with Gasteiger partial charge in [0, 0.05) is 6.04 Å². The highest BCUT2D eigenvalue weighted by Crippen LogP contribution is 2.32. The molecule has 1 atom stereocenters. The third-order valence-corrected chi connectivity index (χ3v) is 2.72. The molecule has 0 bridgehead atoms. The van der Waals surface area contributed by atoms with Gasteiger partial charge in [0.15, 0.2) is 0 Å². The van der Waals surface area contributed by atoms with E-state index >= 15 is 0 Å². The summed E-state index contributed by atoms with van der Waals surface area (Å²) in [6.07, 6.45) is 2.09. The van der Waals surface area contributed by atoms with Crippen LogP contribution in [-0.4, -0.2) is 6.04 Å². The van der Waals surface area contributed by atoms with Crippen molar-refractivity contribution in [3.05, 3.63) is 28.0 Å². The standard InChI is InChI=1S/C11H14Cl2FN/c1-3-4-7(2)15-11-9(12)5-8(14)6-10(11)13/h5-7,15H,3-4H2,1-2H3. The summed E-state index contributed by atoms with van der Waals surface area (Å²) in [7, 11) is 0. The molecule has 0 saturated carbocycles. The molecule has 84 valence electrons. The molecule has 0 aliphatic heterocycles. The summed E-state index contributed by atoms with van der Waals surface area (Å²) in [6, 6.07) is 2.79. The molecule has 0 aromatic heterocycles. The molecular formula is C11H14Cl2FN. The highest BCUT2D eigenvalue weighted by molar-refractivity contribution is 6.39. The molecule has 1 aromatic rings. The van der Waals surface area contributed by atoms with Gasteiger partial charge in [-0.1, -0.05) is 36.5 Å². The molecule has 0 amide bonds. The molecule has 1 nitrogen and oxygen atoms in total. The summed E-state index contributed by atoms with van der Waals surface area (Å²) < 4.78 is 12.9. The van der Waals surface area contributed by atoms with Crippen LogP contribution in [0.3, 0.4) is 0 Å². The van der Waals surface area contributed by atoms with Crippen LogP contribution in [0.5, 0.6) is 0 Å². The second-order valence-corrected chi connectivity index (χ2v) is 4.39. The Morgan fingerprint density at radius 2 is 1.87 bits per heavy atom. The van der Waals surface area contributed by atoms with Crippen LogP contribution in [0.1, 0.15) is 26.7 Å². The first-order valence-corrected chi connectivity index (χ1v) is 5.71. The van der Waals surface area contributed by atoms with E-state index in [-0.39, 0.29) is 6.04 Å². The average Bonchev–Trinajstić information content (AvgIpc) is 2.11. The third-order valence-electron chi connectivity index (χ3n) is 2.12. The Hall–Kier alpha value is -0.470. The summed E-state index contributed by atoms with van der Waals surface area (Å²) in [6.45, 7) is 4.14. The Morgan fingerprint density at radius 3 is 2.33 bits per heavy atom. The van der Waals surface area contributed by atoms with E-state index in [2.05, 4.69) is 12.2 Å². The molecule has 0 aliphatic carbocycles. The molecule has 0 fully saturated rings. The second kappa shape index (κ2) is 5.57. The van der Waals surface area contributed by atoms with Crippen molar-refractivity contribution in [2.75, 3.05) is 5.32 Å². The van der Waals surface area contributed by atoms with Gasteiger partial charge in [-0.2, -0.15) is 0 Å². The lowest BCUT2D eigenvalue weighted by molar-refractivity contribution is 0.627. The molecule has 1 N–H and O–H groups in total. The molecule has 1 unspecified atom stereocenters. The zero-order valence-corrected chi connectivity index (χ0v) is 10.3. The van der Waals surface area contributed by atoms with Crippen LogP contribution in [0.2, 0.25) is 10.0 Å². The monoisotopic (exact) mass is 249 g/mol. The third kappa shape index (κ3) is 3.54. The van der Waals surface area contributed by atoms with E-state index in [0.29, 0.717) is 15.7 Å². The molecule has 1 rings (SSSR count). The maximum atomic E-state index is 12.9. The van der Waals surface area contributed by atoms with Crippen LogP contribution in [0.25, 0.3) is 0 Å². The maximum absolute atomic E-state index is 12.9. The number of hydrogen-bond donors (Lipinski definition) is 1. The van der Waals surface area contributed by atoms with Crippen LogP contribution >= 0.6 is 23.2 Å². The number of nitrogens with one attached hydrogen (secondary N) is 1. The van der Waals surface area contributed by atoms with Gasteiger partial charge in [0.25, 0.3) is 0 Å². The van der Waals surface area contributed by atoms with Crippen molar-refractivity contribution < 1.29 is 4.39 Å². The van der Waals surface area contributed by atoms with E-state index in [1.54, 1.807) is 0 Å². The van der Waals surface area contributed by atoms with Crippen molar-refractivity contribution >= 4 is 28.9 Å². The van der Waals surface area contributed by atoms with Crippen LogP contribution in [-0.2, 0) is 0 Å². The molecule has 1 aromatic carbocycles. The first kappa shape index (κ1) is 12.6. The minimum Gasteiger partial charge on any atom is -0.380 e. The molecule has 0 heterocycles. The van der Waals surface area contributed by atoms with E-state index in [1.165, 1.54) is 12.1 Å². The van der Waals surface area contributed by atoms with Gasteiger partial charge in [-0.3, -0.25) is 0 Å². The number of hydrogen-bond acceptors (Lipinski definition) is 1. The Kier molecular flexibility index (Phi) is 4.68. The van der Waals surface area contributed by atoms with Crippen molar-refractivity contribution in [3.63, 3.8) is 0 Å². The zero-order valence-electron chi connectivity index (χ0n) is 8.78. The summed E-state index contributed by atoms with van der Waals surface area (Å²) in [5.74, 6) is -0.418. The first-order chi connectivity index (χ1) is 7.04. The van der Waals surface area contributed by atoms with Crippen LogP contribution in [0.4, 0.5) is 10.1 Å². The Bertz CT molecular complexity index is 318. The van der Waals surface area contributed by atoms with Crippen molar-refractivity contribution in [3.8, 4) is 0 Å². The van der Waals surface area contributed by atoms with E-state index in [4.69, 9.17) is 23.2 Å². The maximum Gasteiger partial charge on any atom is 0.126 e. The second-order valence-electron chi connectivity index (χ2n) is 3.58. The lowest BCUT2D eigenvalue weighted by atomic mass is 10.2. The topological polar surface area (TPSA) is 12.0 Å². The summed E-state index contributed by atoms with van der Waals surface area (Å²) in [5.41, 5.74) is 0.612. The van der Waals surface area contributed by atoms with Gasteiger partial charge >= 0.3 is 0 Å². The predicted molar refractivity (Wildman–Crippen MR) is 64.4 cm³/mol. The van der Waals surface area contributed by atoms with Crippen molar-refractivity contribution in [2.24, 2.45) is 0 Å². The number of anilines is 1. The fourth-order valence-corrected chi connectivity index (χ4v) is 2.00. The van der Waals surface area contributed by atoms with E-state index in [9.17, 15) is 4.39 Å². The van der Waals surface area contributed by atoms with Gasteiger partial charge in [0.1, 0.15) is 5.82 Å². The van der Waals surface area contributed by atoms with E-state index < -0.39 is 5.82 Å². The zero-order chi connectivity index (χ0) is 11.4. The minimum absolute atomic E-state index is 0.274. The van der Waals surface area contributed by atoms with Crippen molar-refractivity contribution in [1.82, 2.24) is 0 Å². The largest absolute Gasteiger partial charge is 0.380 e. The van der Waals surface area contributed by atoms with Gasteiger partial charge < -0.3 is 5.32 Å². The van der Waals surface area contributed by atoms with Crippen LogP contribution in [0.15, 0.2) is 12.1 Å². The summed E-state index contributed by atoms with van der Waals surface area (Å²) >= 11 is 11.8. The summed E-state index contributed by atoms with van der Waals surface area (Å²) in [4.78, 5) is 0. The molecule has 0 spiro atoms. The minimum atomic E-state index is -0.418. The Morgan fingerprint density at radius 1 is 1.33 bits per heavy atom. The number of halogens is 3. The van der Waals surface area contributed by atoms with Crippen LogP contribution < -0.4 is 5.32 Å². The molecule has 0 radical (unpaired) electrons. The highest BCUT2D eigenvalue weighted by atomic mass is 35.5. The van der Waals surface area contributed by atoms with E-state index in [1.807, 2.05) is 6.92 Å². The molecule has 4 heteroatoms. The molecule has 15 heavy (non-hydrogen) atoms. The van der Waals surface area contributed by atoms with Gasteiger partial charge in [-0.05, 0) is 25.5 Å². The van der Waals surface area contributed by atoms with Crippen LogP contribution in [0, 0.1) is 5.82 Å². The van der Waals surface area contributed by atoms with Gasteiger partial charge in [-0.15, -0.1) is 0 Å². The fourth-order valence-electron chi connectivity index (χ4n) is 1.43. The normalized spacial score (nSPS) is 12.6. The van der Waals surface area contributed by atoms with Gasteiger partial charge in [0.2, 0.25) is 0 Å². The molecule has 0 saturated heterocycles. The quantitative estimate of drug-likeness (QED) is 0.814. The first-order valence-electron chi connectivity index (χ1n) is 4.95. The SMILES string of the molecule is CCCC(C)Nc1c(Cl)cc(F)cc1Cl. The number of benzene rings is 1. The summed E-state index contributed by atoms with van der Waals surface area (Å²) in [5, 5.41) is 3.82. The van der Waals surface area contributed by atoms with Crippen molar-refractivity contribution in [2.45, 2.75) is 32.7 Å². The van der Waals surface area contributed by atoms with E-state index in [0.717, 1.165) is 12.8 Å². The smallest absolute Gasteiger partial charge is 0.126 e. The van der Waals surface area contributed by atoms with Gasteiger partial charge in [0.05, 0.1) is 15.7 Å². The average molecular weight is 250 g/mol. The molecule has 0 aliphatic rings. The molecular weight excluding hydrogens is 236 g/mol. The fraction of sp³-hybridized carbons (Fsp3) is 0.455. The Balaban J connectivity index is 2.85. The Labute approximate surface area is 99.6 Å². The number of rotatable bonds is 4. The van der Waals surface area contributed by atoms with Crippen molar-refractivity contribution in [1.29, 1.82) is 0 Å².